The Bertz CT molecular complexity index is 246. The number of carbonyl (C=O) groups excluding carboxylic acids is 1. The van der Waals surface area contributed by atoms with Gasteiger partial charge in [0, 0.05) is 6.54 Å². The van der Waals surface area contributed by atoms with Crippen LogP contribution in [0.25, 0.3) is 0 Å². The van der Waals surface area contributed by atoms with Crippen molar-refractivity contribution in [1.29, 1.82) is 0 Å². The van der Waals surface area contributed by atoms with Gasteiger partial charge in [0.05, 0.1) is 5.75 Å². The highest BCUT2D eigenvalue weighted by Gasteiger charge is 2.14. The van der Waals surface area contributed by atoms with Gasteiger partial charge < -0.3 is 5.32 Å². The van der Waals surface area contributed by atoms with Crippen molar-refractivity contribution >= 4 is 15.7 Å². The lowest BCUT2D eigenvalue weighted by Gasteiger charge is -2.03. The first-order valence-electron chi connectivity index (χ1n) is 4.49. The summed E-state index contributed by atoms with van der Waals surface area (Å²) in [7, 11) is -3.18. The normalized spacial score (nSPS) is 11.2. The van der Waals surface area contributed by atoms with Crippen molar-refractivity contribution in [2.75, 3.05) is 18.1 Å². The van der Waals surface area contributed by atoms with E-state index in [9.17, 15) is 13.2 Å². The first-order chi connectivity index (χ1) is 6.02. The summed E-state index contributed by atoms with van der Waals surface area (Å²) in [4.78, 5) is 10.9. The molecule has 0 atom stereocenters. The number of amides is 1. The molecule has 1 N–H and O–H groups in total. The van der Waals surface area contributed by atoms with E-state index in [2.05, 4.69) is 5.32 Å². The molecule has 0 heterocycles. The number of hydrogen-bond acceptors (Lipinski definition) is 3. The van der Waals surface area contributed by atoms with E-state index >= 15 is 0 Å². The van der Waals surface area contributed by atoms with Crippen molar-refractivity contribution in [2.45, 2.75) is 26.7 Å². The van der Waals surface area contributed by atoms with Crippen LogP contribution >= 0.6 is 0 Å². The van der Waals surface area contributed by atoms with Crippen molar-refractivity contribution < 1.29 is 13.2 Å². The first-order valence-corrected chi connectivity index (χ1v) is 6.31. The number of hydrogen-bond donors (Lipinski definition) is 1. The summed E-state index contributed by atoms with van der Waals surface area (Å²) in [5.74, 6) is -0.666. The molecule has 0 aliphatic carbocycles. The fraction of sp³-hybridized carbons (Fsp3) is 0.875. The molecular weight excluding hydrogens is 190 g/mol. The number of rotatable bonds is 6. The van der Waals surface area contributed by atoms with Crippen LogP contribution in [0.5, 0.6) is 0 Å². The van der Waals surface area contributed by atoms with Crippen molar-refractivity contribution in [3.05, 3.63) is 0 Å². The molecule has 0 rings (SSSR count). The van der Waals surface area contributed by atoms with Crippen LogP contribution < -0.4 is 5.32 Å². The van der Waals surface area contributed by atoms with E-state index in [0.29, 0.717) is 13.0 Å². The molecule has 0 spiro atoms. The van der Waals surface area contributed by atoms with Crippen molar-refractivity contribution in [3.8, 4) is 0 Å². The third-order valence-corrected chi connectivity index (χ3v) is 3.15. The Morgan fingerprint density at radius 2 is 1.92 bits per heavy atom. The zero-order valence-corrected chi connectivity index (χ0v) is 8.99. The zero-order chi connectivity index (χ0) is 10.3. The van der Waals surface area contributed by atoms with Gasteiger partial charge in [-0.15, -0.1) is 0 Å². The molecule has 5 heteroatoms. The van der Waals surface area contributed by atoms with Gasteiger partial charge in [-0.1, -0.05) is 13.3 Å². The predicted molar refractivity (Wildman–Crippen MR) is 52.2 cm³/mol. The maximum absolute atomic E-state index is 11.2. The molecule has 13 heavy (non-hydrogen) atoms. The molecular formula is C8H17NO3S. The van der Waals surface area contributed by atoms with E-state index in [1.54, 1.807) is 6.92 Å². The minimum atomic E-state index is -3.18. The highest BCUT2D eigenvalue weighted by molar-refractivity contribution is 7.92. The van der Waals surface area contributed by atoms with Crippen molar-refractivity contribution in [1.82, 2.24) is 5.32 Å². The van der Waals surface area contributed by atoms with E-state index < -0.39 is 15.7 Å². The summed E-state index contributed by atoms with van der Waals surface area (Å²) >= 11 is 0. The number of carbonyl (C=O) groups is 1. The third kappa shape index (κ3) is 6.57. The number of unbranched alkanes of at least 4 members (excludes halogenated alkanes) is 1. The lowest BCUT2D eigenvalue weighted by Crippen LogP contribution is -2.30. The van der Waals surface area contributed by atoms with Crippen LogP contribution in [0.4, 0.5) is 0 Å². The molecule has 0 aliphatic rings. The van der Waals surface area contributed by atoms with Gasteiger partial charge in [0.2, 0.25) is 5.91 Å². The molecule has 0 aromatic rings. The molecule has 78 valence electrons. The SMILES string of the molecule is CCCCS(=O)(=O)CC(=O)NCC. The summed E-state index contributed by atoms with van der Waals surface area (Å²) < 4.78 is 22.4. The molecule has 0 saturated heterocycles. The number of sulfone groups is 1. The number of nitrogens with one attached hydrogen (secondary N) is 1. The standard InChI is InChI=1S/C8H17NO3S/c1-3-5-6-13(11,12)7-8(10)9-4-2/h3-7H2,1-2H3,(H,9,10). The summed E-state index contributed by atoms with van der Waals surface area (Å²) in [5, 5.41) is 2.46. The molecule has 0 aromatic carbocycles. The quantitative estimate of drug-likeness (QED) is 0.683. The maximum Gasteiger partial charge on any atom is 0.235 e. The maximum atomic E-state index is 11.2. The largest absolute Gasteiger partial charge is 0.356 e. The molecule has 0 unspecified atom stereocenters. The second kappa shape index (κ2) is 5.96. The summed E-state index contributed by atoms with van der Waals surface area (Å²) in [5.41, 5.74) is 0. The lowest BCUT2D eigenvalue weighted by molar-refractivity contribution is -0.118. The van der Waals surface area contributed by atoms with E-state index in [1.165, 1.54) is 0 Å². The van der Waals surface area contributed by atoms with Crippen LogP contribution in [-0.4, -0.2) is 32.4 Å². The minimum absolute atomic E-state index is 0.112. The lowest BCUT2D eigenvalue weighted by atomic mass is 10.4. The molecule has 0 aliphatic heterocycles. The average molecular weight is 207 g/mol. The molecule has 4 nitrogen and oxygen atoms in total. The topological polar surface area (TPSA) is 63.2 Å². The van der Waals surface area contributed by atoms with Crippen LogP contribution in [0.2, 0.25) is 0 Å². The monoisotopic (exact) mass is 207 g/mol. The van der Waals surface area contributed by atoms with Gasteiger partial charge >= 0.3 is 0 Å². The van der Waals surface area contributed by atoms with Crippen LogP contribution in [0.1, 0.15) is 26.7 Å². The van der Waals surface area contributed by atoms with Gasteiger partial charge in [-0.05, 0) is 13.3 Å². The van der Waals surface area contributed by atoms with Gasteiger partial charge in [0.1, 0.15) is 5.75 Å². The van der Waals surface area contributed by atoms with Crippen LogP contribution in [0.3, 0.4) is 0 Å². The van der Waals surface area contributed by atoms with Crippen molar-refractivity contribution in [2.24, 2.45) is 0 Å². The van der Waals surface area contributed by atoms with Gasteiger partial charge in [-0.25, -0.2) is 8.42 Å². The predicted octanol–water partition coefficient (Wildman–Crippen LogP) is 0.337. The average Bonchev–Trinajstić information content (AvgIpc) is 2.00. The third-order valence-electron chi connectivity index (χ3n) is 1.53. The van der Waals surface area contributed by atoms with Crippen molar-refractivity contribution in [3.63, 3.8) is 0 Å². The summed E-state index contributed by atoms with van der Waals surface area (Å²) in [6.45, 7) is 4.15. The first kappa shape index (κ1) is 12.4. The second-order valence-electron chi connectivity index (χ2n) is 2.90. The Morgan fingerprint density at radius 3 is 2.38 bits per heavy atom. The fourth-order valence-electron chi connectivity index (χ4n) is 0.884. The van der Waals surface area contributed by atoms with Crippen LogP contribution in [-0.2, 0) is 14.6 Å². The van der Waals surface area contributed by atoms with E-state index in [-0.39, 0.29) is 11.5 Å². The highest BCUT2D eigenvalue weighted by Crippen LogP contribution is 1.96. The highest BCUT2D eigenvalue weighted by atomic mass is 32.2. The molecule has 0 bridgehead atoms. The Balaban J connectivity index is 3.95. The summed E-state index contributed by atoms with van der Waals surface area (Å²) in [6, 6.07) is 0. The molecule has 0 radical (unpaired) electrons. The Morgan fingerprint density at radius 1 is 1.31 bits per heavy atom. The molecule has 1 amide bonds. The van der Waals surface area contributed by atoms with Gasteiger partial charge in [-0.3, -0.25) is 4.79 Å². The van der Waals surface area contributed by atoms with E-state index in [0.717, 1.165) is 6.42 Å². The van der Waals surface area contributed by atoms with Gasteiger partial charge in [0.25, 0.3) is 0 Å². The Labute approximate surface area is 79.6 Å². The molecule has 0 saturated carbocycles. The Kier molecular flexibility index (Phi) is 5.70. The Hall–Kier alpha value is -0.580. The van der Waals surface area contributed by atoms with E-state index in [1.807, 2.05) is 6.92 Å². The second-order valence-corrected chi connectivity index (χ2v) is 5.08. The molecule has 0 fully saturated rings. The minimum Gasteiger partial charge on any atom is -0.356 e. The fourth-order valence-corrected chi connectivity index (χ4v) is 2.26. The summed E-state index contributed by atoms with van der Waals surface area (Å²) in [6.07, 6.45) is 1.45. The van der Waals surface area contributed by atoms with E-state index in [4.69, 9.17) is 0 Å². The zero-order valence-electron chi connectivity index (χ0n) is 8.17. The van der Waals surface area contributed by atoms with Gasteiger partial charge in [0.15, 0.2) is 9.84 Å². The smallest absolute Gasteiger partial charge is 0.235 e. The van der Waals surface area contributed by atoms with Gasteiger partial charge in [-0.2, -0.15) is 0 Å². The van der Waals surface area contributed by atoms with Crippen LogP contribution in [0, 0.1) is 0 Å². The van der Waals surface area contributed by atoms with Crippen LogP contribution in [0.15, 0.2) is 0 Å². The molecule has 0 aromatic heterocycles.